The van der Waals surface area contributed by atoms with E-state index in [1.165, 1.54) is 0 Å². The monoisotopic (exact) mass is 298 g/mol. The Labute approximate surface area is 135 Å². The van der Waals surface area contributed by atoms with Gasteiger partial charge in [0.2, 0.25) is 0 Å². The molecule has 0 saturated heterocycles. The van der Waals surface area contributed by atoms with E-state index in [1.807, 2.05) is 60.7 Å². The van der Waals surface area contributed by atoms with Crippen LogP contribution in [0.5, 0.6) is 5.75 Å². The minimum absolute atomic E-state index is 0.376. The molecule has 0 aliphatic carbocycles. The fourth-order valence-electron chi connectivity index (χ4n) is 2.01. The van der Waals surface area contributed by atoms with Gasteiger partial charge in [-0.25, -0.2) is 4.79 Å². The first kappa shape index (κ1) is 14.6. The van der Waals surface area contributed by atoms with Crippen molar-refractivity contribution in [2.75, 3.05) is 0 Å². The summed E-state index contributed by atoms with van der Waals surface area (Å²) in [4.78, 5) is 12.0. The molecule has 0 aliphatic rings. The summed E-state index contributed by atoms with van der Waals surface area (Å²) in [6.45, 7) is 0. The van der Waals surface area contributed by atoms with Crippen molar-refractivity contribution in [1.29, 1.82) is 0 Å². The third-order valence-corrected chi connectivity index (χ3v) is 3.20. The van der Waals surface area contributed by atoms with Crippen LogP contribution < -0.4 is 4.74 Å². The average molecular weight is 298 g/mol. The molecule has 0 saturated carbocycles. The second-order valence-electron chi connectivity index (χ2n) is 4.90. The highest BCUT2D eigenvalue weighted by molar-refractivity contribution is 5.91. The molecule has 0 spiro atoms. The van der Waals surface area contributed by atoms with Gasteiger partial charge in [0.1, 0.15) is 5.75 Å². The zero-order valence-corrected chi connectivity index (χ0v) is 12.4. The highest BCUT2D eigenvalue weighted by Crippen LogP contribution is 2.12. The number of hydrogen-bond donors (Lipinski definition) is 0. The predicted octanol–water partition coefficient (Wildman–Crippen LogP) is 4.31. The number of benzene rings is 3. The number of ether oxygens (including phenoxy) is 1. The summed E-state index contributed by atoms with van der Waals surface area (Å²) in [6.07, 6.45) is 0. The van der Waals surface area contributed by atoms with Gasteiger partial charge in [0.05, 0.1) is 5.56 Å². The zero-order chi connectivity index (χ0) is 15.9. The molecule has 2 nitrogen and oxygen atoms in total. The van der Waals surface area contributed by atoms with Crippen molar-refractivity contribution < 1.29 is 9.53 Å². The molecule has 0 heterocycles. The van der Waals surface area contributed by atoms with E-state index in [0.29, 0.717) is 11.3 Å². The molecule has 0 radical (unpaired) electrons. The predicted molar refractivity (Wildman–Crippen MR) is 90.3 cm³/mol. The van der Waals surface area contributed by atoms with Gasteiger partial charge in [-0.2, -0.15) is 0 Å². The van der Waals surface area contributed by atoms with Crippen LogP contribution in [0.2, 0.25) is 0 Å². The van der Waals surface area contributed by atoms with E-state index in [4.69, 9.17) is 4.74 Å². The van der Waals surface area contributed by atoms with Gasteiger partial charge in [0.25, 0.3) is 0 Å². The van der Waals surface area contributed by atoms with Gasteiger partial charge in [-0.05, 0) is 48.5 Å². The van der Waals surface area contributed by atoms with E-state index in [1.54, 1.807) is 24.3 Å². The molecule has 3 aromatic rings. The maximum absolute atomic E-state index is 12.0. The fourth-order valence-corrected chi connectivity index (χ4v) is 2.01. The first-order valence-corrected chi connectivity index (χ1v) is 7.26. The van der Waals surface area contributed by atoms with Crippen LogP contribution >= 0.6 is 0 Å². The molecule has 0 N–H and O–H groups in total. The van der Waals surface area contributed by atoms with Crippen LogP contribution in [0.3, 0.4) is 0 Å². The Balaban J connectivity index is 1.70. The van der Waals surface area contributed by atoms with Crippen LogP contribution in [0.4, 0.5) is 0 Å². The minimum Gasteiger partial charge on any atom is -0.423 e. The Morgan fingerprint density at radius 1 is 0.652 bits per heavy atom. The smallest absolute Gasteiger partial charge is 0.343 e. The summed E-state index contributed by atoms with van der Waals surface area (Å²) in [6, 6.07) is 25.9. The highest BCUT2D eigenvalue weighted by Gasteiger charge is 2.07. The lowest BCUT2D eigenvalue weighted by molar-refractivity contribution is 0.0735. The molecule has 0 fully saturated rings. The lowest BCUT2D eigenvalue weighted by atomic mass is 10.1. The standard InChI is InChI=1S/C21H14O2/c22-21(23-20-9-5-2-6-10-20)19-15-13-18(14-16-19)12-11-17-7-3-1-4-8-17/h1-10,13-16H. The Morgan fingerprint density at radius 3 is 1.78 bits per heavy atom. The highest BCUT2D eigenvalue weighted by atomic mass is 16.5. The van der Waals surface area contributed by atoms with Gasteiger partial charge >= 0.3 is 5.97 Å². The molecular formula is C21H14O2. The summed E-state index contributed by atoms with van der Waals surface area (Å²) < 4.78 is 5.29. The summed E-state index contributed by atoms with van der Waals surface area (Å²) >= 11 is 0. The lowest BCUT2D eigenvalue weighted by Crippen LogP contribution is -2.08. The molecule has 2 heteroatoms. The van der Waals surface area contributed by atoms with E-state index in [0.717, 1.165) is 11.1 Å². The molecule has 0 bridgehead atoms. The molecule has 3 aromatic carbocycles. The number of carbonyl (C=O) groups excluding carboxylic acids is 1. The Bertz CT molecular complexity index is 839. The second kappa shape index (κ2) is 7.11. The van der Waals surface area contributed by atoms with Crippen LogP contribution in [-0.2, 0) is 0 Å². The van der Waals surface area contributed by atoms with Gasteiger partial charge in [-0.1, -0.05) is 48.2 Å². The van der Waals surface area contributed by atoms with Gasteiger partial charge in [-0.15, -0.1) is 0 Å². The molecule has 0 aromatic heterocycles. The van der Waals surface area contributed by atoms with Crippen LogP contribution in [0, 0.1) is 11.8 Å². The molecule has 0 aliphatic heterocycles. The zero-order valence-electron chi connectivity index (χ0n) is 12.4. The van der Waals surface area contributed by atoms with Crippen LogP contribution in [0.25, 0.3) is 0 Å². The number of rotatable bonds is 2. The van der Waals surface area contributed by atoms with E-state index >= 15 is 0 Å². The van der Waals surface area contributed by atoms with E-state index < -0.39 is 0 Å². The molecular weight excluding hydrogens is 284 g/mol. The van der Waals surface area contributed by atoms with Gasteiger partial charge in [0.15, 0.2) is 0 Å². The molecule has 0 unspecified atom stereocenters. The summed E-state index contributed by atoms with van der Waals surface area (Å²) in [5, 5.41) is 0. The summed E-state index contributed by atoms with van der Waals surface area (Å²) in [5.74, 6) is 6.31. The van der Waals surface area contributed by atoms with Crippen LogP contribution in [0.15, 0.2) is 84.9 Å². The second-order valence-corrected chi connectivity index (χ2v) is 4.90. The summed E-state index contributed by atoms with van der Waals surface area (Å²) in [5.41, 5.74) is 2.31. The minimum atomic E-state index is -0.376. The SMILES string of the molecule is O=C(Oc1ccccc1)c1ccc(C#Cc2ccccc2)cc1. The van der Waals surface area contributed by atoms with E-state index in [2.05, 4.69) is 11.8 Å². The van der Waals surface area contributed by atoms with Crippen molar-refractivity contribution in [1.82, 2.24) is 0 Å². The first-order chi connectivity index (χ1) is 11.3. The Hall–Kier alpha value is -3.31. The van der Waals surface area contributed by atoms with Crippen molar-refractivity contribution in [3.63, 3.8) is 0 Å². The van der Waals surface area contributed by atoms with Crippen molar-refractivity contribution in [2.24, 2.45) is 0 Å². The average Bonchev–Trinajstić information content (AvgIpc) is 2.62. The first-order valence-electron chi connectivity index (χ1n) is 7.26. The van der Waals surface area contributed by atoms with E-state index in [9.17, 15) is 4.79 Å². The lowest BCUT2D eigenvalue weighted by Gasteiger charge is -2.03. The van der Waals surface area contributed by atoms with Crippen LogP contribution in [0.1, 0.15) is 21.5 Å². The van der Waals surface area contributed by atoms with Gasteiger partial charge < -0.3 is 4.74 Å². The van der Waals surface area contributed by atoms with Gasteiger partial charge in [-0.3, -0.25) is 0 Å². The van der Waals surface area contributed by atoms with Crippen LogP contribution in [-0.4, -0.2) is 5.97 Å². The number of hydrogen-bond acceptors (Lipinski definition) is 2. The molecule has 110 valence electrons. The topological polar surface area (TPSA) is 26.3 Å². The van der Waals surface area contributed by atoms with Crippen molar-refractivity contribution >= 4 is 5.97 Å². The Morgan fingerprint density at radius 2 is 1.17 bits per heavy atom. The third-order valence-electron chi connectivity index (χ3n) is 3.20. The van der Waals surface area contributed by atoms with E-state index in [-0.39, 0.29) is 5.97 Å². The molecule has 0 atom stereocenters. The number of carbonyl (C=O) groups is 1. The largest absolute Gasteiger partial charge is 0.423 e. The third kappa shape index (κ3) is 4.09. The number of para-hydroxylation sites is 1. The quantitative estimate of drug-likeness (QED) is 0.400. The van der Waals surface area contributed by atoms with Crippen molar-refractivity contribution in [3.05, 3.63) is 102 Å². The molecule has 3 rings (SSSR count). The maximum atomic E-state index is 12.0. The molecule has 0 amide bonds. The van der Waals surface area contributed by atoms with Gasteiger partial charge in [0, 0.05) is 11.1 Å². The van der Waals surface area contributed by atoms with Crippen molar-refractivity contribution in [2.45, 2.75) is 0 Å². The maximum Gasteiger partial charge on any atom is 0.343 e. The number of esters is 1. The summed E-state index contributed by atoms with van der Waals surface area (Å²) in [7, 11) is 0. The van der Waals surface area contributed by atoms with Crippen molar-refractivity contribution in [3.8, 4) is 17.6 Å². The Kier molecular flexibility index (Phi) is 4.52. The molecule has 23 heavy (non-hydrogen) atoms. The normalized spacial score (nSPS) is 9.57. The fraction of sp³-hybridized carbons (Fsp3) is 0.